The van der Waals surface area contributed by atoms with Gasteiger partial charge in [0, 0.05) is 32.2 Å². The summed E-state index contributed by atoms with van der Waals surface area (Å²) in [7, 11) is 3.36. The summed E-state index contributed by atoms with van der Waals surface area (Å²) in [6.07, 6.45) is 0. The number of thiocarbonyl (C=S) groups is 1. The van der Waals surface area contributed by atoms with Crippen molar-refractivity contribution in [3.05, 3.63) is 90.0 Å². The van der Waals surface area contributed by atoms with E-state index in [1.807, 2.05) is 24.3 Å². The van der Waals surface area contributed by atoms with Crippen LogP contribution in [-0.2, 0) is 0 Å². The molecule has 3 aromatic carbocycles. The molecule has 4 rings (SSSR count). The van der Waals surface area contributed by atoms with Crippen molar-refractivity contribution in [2.24, 2.45) is 0 Å². The van der Waals surface area contributed by atoms with Crippen molar-refractivity contribution in [3.63, 3.8) is 0 Å². The lowest BCUT2D eigenvalue weighted by molar-refractivity contribution is 0.369. The van der Waals surface area contributed by atoms with Crippen LogP contribution >= 0.6 is 12.2 Å². The SMILES string of the molecule is COc1ccc(N2CCN(C(=S)NC(c3ccccc3)c3ccccc3)CC2)c(OC)c1. The van der Waals surface area contributed by atoms with Gasteiger partial charge in [0.15, 0.2) is 5.11 Å². The van der Waals surface area contributed by atoms with Crippen molar-refractivity contribution >= 4 is 23.0 Å². The topological polar surface area (TPSA) is 37.0 Å². The maximum atomic E-state index is 5.84. The van der Waals surface area contributed by atoms with E-state index in [4.69, 9.17) is 21.7 Å². The van der Waals surface area contributed by atoms with Crippen molar-refractivity contribution in [1.29, 1.82) is 0 Å². The standard InChI is InChI=1S/C26H29N3O2S/c1-30-22-13-14-23(24(19-22)31-2)28-15-17-29(18-16-28)26(32)27-25(20-9-5-3-6-10-20)21-11-7-4-8-12-21/h3-14,19,25H,15-18H2,1-2H3,(H,27,32). The molecule has 1 fully saturated rings. The zero-order valence-electron chi connectivity index (χ0n) is 18.5. The molecular formula is C26H29N3O2S. The molecule has 1 saturated heterocycles. The van der Waals surface area contributed by atoms with Gasteiger partial charge in [0.2, 0.25) is 0 Å². The third kappa shape index (κ3) is 4.97. The van der Waals surface area contributed by atoms with E-state index in [-0.39, 0.29) is 6.04 Å². The zero-order chi connectivity index (χ0) is 22.3. The Hall–Kier alpha value is -3.25. The Morgan fingerprint density at radius 2 is 1.41 bits per heavy atom. The summed E-state index contributed by atoms with van der Waals surface area (Å²) >= 11 is 5.84. The van der Waals surface area contributed by atoms with Crippen molar-refractivity contribution in [2.45, 2.75) is 6.04 Å². The fraction of sp³-hybridized carbons (Fsp3) is 0.269. The van der Waals surface area contributed by atoms with Gasteiger partial charge in [-0.2, -0.15) is 0 Å². The number of nitrogens with one attached hydrogen (secondary N) is 1. The minimum atomic E-state index is 0.0182. The minimum absolute atomic E-state index is 0.0182. The third-order valence-corrected chi connectivity index (χ3v) is 6.20. The lowest BCUT2D eigenvalue weighted by Gasteiger charge is -2.38. The summed E-state index contributed by atoms with van der Waals surface area (Å²) in [5.74, 6) is 1.62. The van der Waals surface area contributed by atoms with Crippen LogP contribution in [0, 0.1) is 0 Å². The summed E-state index contributed by atoms with van der Waals surface area (Å²) in [5, 5.41) is 4.39. The summed E-state index contributed by atoms with van der Waals surface area (Å²) < 4.78 is 10.9. The quantitative estimate of drug-likeness (QED) is 0.561. The Labute approximate surface area is 195 Å². The second-order valence-electron chi connectivity index (χ2n) is 7.72. The van der Waals surface area contributed by atoms with Gasteiger partial charge in [-0.25, -0.2) is 0 Å². The number of nitrogens with zero attached hydrogens (tertiary/aromatic N) is 2. The molecule has 0 spiro atoms. The van der Waals surface area contributed by atoms with Crippen molar-refractivity contribution in [2.75, 3.05) is 45.3 Å². The van der Waals surface area contributed by atoms with Gasteiger partial charge in [0.1, 0.15) is 11.5 Å². The molecule has 1 aliphatic rings. The Balaban J connectivity index is 1.44. The molecular weight excluding hydrogens is 418 g/mol. The molecule has 166 valence electrons. The summed E-state index contributed by atoms with van der Waals surface area (Å²) in [6.45, 7) is 3.42. The van der Waals surface area contributed by atoms with Gasteiger partial charge in [-0.05, 0) is 35.5 Å². The average molecular weight is 448 g/mol. The fourth-order valence-corrected chi connectivity index (χ4v) is 4.36. The van der Waals surface area contributed by atoms with Crippen LogP contribution in [0.15, 0.2) is 78.9 Å². The van der Waals surface area contributed by atoms with Crippen molar-refractivity contribution in [3.8, 4) is 11.5 Å². The van der Waals surface area contributed by atoms with E-state index in [0.29, 0.717) is 0 Å². The fourth-order valence-electron chi connectivity index (χ4n) is 4.06. The number of benzene rings is 3. The molecule has 6 heteroatoms. The second-order valence-corrected chi connectivity index (χ2v) is 8.10. The van der Waals surface area contributed by atoms with Crippen molar-refractivity contribution in [1.82, 2.24) is 10.2 Å². The third-order valence-electron chi connectivity index (χ3n) is 5.83. The highest BCUT2D eigenvalue weighted by atomic mass is 32.1. The number of methoxy groups -OCH3 is 2. The molecule has 0 aromatic heterocycles. The number of rotatable bonds is 6. The summed E-state index contributed by atoms with van der Waals surface area (Å²) in [5.41, 5.74) is 3.48. The Morgan fingerprint density at radius 3 is 1.94 bits per heavy atom. The Kier molecular flexibility index (Phi) is 7.12. The summed E-state index contributed by atoms with van der Waals surface area (Å²) in [6, 6.07) is 26.9. The van der Waals surface area contributed by atoms with Gasteiger partial charge in [0.25, 0.3) is 0 Å². The number of ether oxygens (including phenoxy) is 2. The Bertz CT molecular complexity index is 982. The first kappa shape index (κ1) is 22.0. The van der Waals surface area contributed by atoms with Crippen LogP contribution in [0.4, 0.5) is 5.69 Å². The van der Waals surface area contributed by atoms with Gasteiger partial charge in [0.05, 0.1) is 25.9 Å². The van der Waals surface area contributed by atoms with Gasteiger partial charge >= 0.3 is 0 Å². The highest BCUT2D eigenvalue weighted by Crippen LogP contribution is 2.33. The van der Waals surface area contributed by atoms with E-state index in [2.05, 4.69) is 69.7 Å². The molecule has 0 amide bonds. The molecule has 1 N–H and O–H groups in total. The highest BCUT2D eigenvalue weighted by Gasteiger charge is 2.24. The van der Waals surface area contributed by atoms with Crippen molar-refractivity contribution < 1.29 is 9.47 Å². The predicted molar refractivity (Wildman–Crippen MR) is 134 cm³/mol. The molecule has 0 bridgehead atoms. The highest BCUT2D eigenvalue weighted by molar-refractivity contribution is 7.80. The van der Waals surface area contributed by atoms with E-state index in [1.165, 1.54) is 11.1 Å². The lowest BCUT2D eigenvalue weighted by atomic mass is 9.99. The first-order valence-electron chi connectivity index (χ1n) is 10.8. The molecule has 0 radical (unpaired) electrons. The normalized spacial score (nSPS) is 13.7. The minimum Gasteiger partial charge on any atom is -0.497 e. The molecule has 0 aliphatic carbocycles. The molecule has 1 aliphatic heterocycles. The van der Waals surface area contributed by atoms with E-state index < -0.39 is 0 Å². The molecule has 32 heavy (non-hydrogen) atoms. The van der Waals surface area contributed by atoms with Gasteiger partial charge in [-0.15, -0.1) is 0 Å². The number of hydrogen-bond acceptors (Lipinski definition) is 4. The van der Waals surface area contributed by atoms with Gasteiger partial charge < -0.3 is 24.6 Å². The number of piperazine rings is 1. The first-order chi connectivity index (χ1) is 15.7. The van der Waals surface area contributed by atoms with Crippen LogP contribution in [0.3, 0.4) is 0 Å². The van der Waals surface area contributed by atoms with E-state index in [1.54, 1.807) is 14.2 Å². The summed E-state index contributed by atoms with van der Waals surface area (Å²) in [4.78, 5) is 4.59. The lowest BCUT2D eigenvalue weighted by Crippen LogP contribution is -2.52. The first-order valence-corrected chi connectivity index (χ1v) is 11.2. The van der Waals surface area contributed by atoms with Crippen LogP contribution in [0.1, 0.15) is 17.2 Å². The maximum Gasteiger partial charge on any atom is 0.169 e. The van der Waals surface area contributed by atoms with Crippen LogP contribution < -0.4 is 19.7 Å². The van der Waals surface area contributed by atoms with Gasteiger partial charge in [-0.3, -0.25) is 0 Å². The van der Waals surface area contributed by atoms with Gasteiger partial charge in [-0.1, -0.05) is 60.7 Å². The molecule has 0 saturated carbocycles. The van der Waals surface area contributed by atoms with Crippen LogP contribution in [0.5, 0.6) is 11.5 Å². The smallest absolute Gasteiger partial charge is 0.169 e. The molecule has 5 nitrogen and oxygen atoms in total. The maximum absolute atomic E-state index is 5.84. The molecule has 1 heterocycles. The van der Waals surface area contributed by atoms with Crippen LogP contribution in [-0.4, -0.2) is 50.4 Å². The van der Waals surface area contributed by atoms with E-state index >= 15 is 0 Å². The predicted octanol–water partition coefficient (Wildman–Crippen LogP) is 4.49. The second kappa shape index (κ2) is 10.4. The molecule has 0 atom stereocenters. The largest absolute Gasteiger partial charge is 0.497 e. The monoisotopic (exact) mass is 447 g/mol. The molecule has 3 aromatic rings. The molecule has 0 unspecified atom stereocenters. The van der Waals surface area contributed by atoms with E-state index in [0.717, 1.165) is 48.5 Å². The van der Waals surface area contributed by atoms with Crippen LogP contribution in [0.25, 0.3) is 0 Å². The zero-order valence-corrected chi connectivity index (χ0v) is 19.3. The number of anilines is 1. The van der Waals surface area contributed by atoms with Crippen LogP contribution in [0.2, 0.25) is 0 Å². The Morgan fingerprint density at radius 1 is 0.812 bits per heavy atom. The average Bonchev–Trinajstić information content (AvgIpc) is 2.87. The van der Waals surface area contributed by atoms with E-state index in [9.17, 15) is 0 Å². The number of hydrogen-bond donors (Lipinski definition) is 1.